The average Bonchev–Trinajstić information content (AvgIpc) is 3.05. The van der Waals surface area contributed by atoms with E-state index in [1.165, 1.54) is 11.9 Å². The van der Waals surface area contributed by atoms with Crippen molar-refractivity contribution in [2.45, 2.75) is 26.3 Å². The molecule has 0 aliphatic carbocycles. The van der Waals surface area contributed by atoms with Crippen molar-refractivity contribution in [1.29, 1.82) is 0 Å². The predicted octanol–water partition coefficient (Wildman–Crippen LogP) is 6.43. The van der Waals surface area contributed by atoms with Crippen LogP contribution in [0.2, 0.25) is 0 Å². The first kappa shape index (κ1) is 19.4. The van der Waals surface area contributed by atoms with Crippen molar-refractivity contribution in [2.24, 2.45) is 0 Å². The molecule has 3 nitrogen and oxygen atoms in total. The number of benzene rings is 2. The van der Waals surface area contributed by atoms with Crippen molar-refractivity contribution in [2.75, 3.05) is 0 Å². The Balaban J connectivity index is 0.000000613. The summed E-state index contributed by atoms with van der Waals surface area (Å²) in [7, 11) is 9.75. The van der Waals surface area contributed by atoms with Crippen LogP contribution in [0, 0.1) is 0 Å². The molecule has 6 heteroatoms. The Kier molecular flexibility index (Phi) is 7.07. The number of nitrogens with zero attached hydrogens (tertiary/aromatic N) is 3. The molecule has 0 unspecified atom stereocenters. The Morgan fingerprint density at radius 3 is 2.58 bits per heavy atom. The molecule has 0 aliphatic heterocycles. The third kappa shape index (κ3) is 4.11. The van der Waals surface area contributed by atoms with Gasteiger partial charge in [-0.3, -0.25) is 4.98 Å². The first-order valence-corrected chi connectivity index (χ1v) is 14.0. The van der Waals surface area contributed by atoms with E-state index in [4.69, 9.17) is 23.8 Å². The standard InChI is InChI=1S/C20H19N3.2ClH.Pt/c1-2-3-14-23-18-12-5-4-11-17(18)22-20(23)16-10-6-8-15-9-7-13-21-19(15)16;;;/h4-13H,2-3,14H2,1H3;2*1H;/q;;;+2/p-2. The molecule has 4 aromatic rings. The molecule has 0 saturated carbocycles. The van der Waals surface area contributed by atoms with Gasteiger partial charge in [0.1, 0.15) is 5.82 Å². The molecule has 0 N–H and O–H groups in total. The number of para-hydroxylation sites is 3. The van der Waals surface area contributed by atoms with Gasteiger partial charge < -0.3 is 4.57 Å². The fraction of sp³-hybridized carbons (Fsp3) is 0.200. The molecule has 0 saturated heterocycles. The SMILES string of the molecule is CCCCn1c(-c2cccc3cccnc23)nc2ccccc21.[Cl][Pt][Cl]. The van der Waals surface area contributed by atoms with Crippen molar-refractivity contribution < 1.29 is 16.5 Å². The number of halogens is 2. The molecule has 0 amide bonds. The average molecular weight is 567 g/mol. The number of unbranched alkanes of at least 4 members (excludes halogenated alkanes) is 1. The summed E-state index contributed by atoms with van der Waals surface area (Å²) in [5, 5.41) is 1.15. The first-order valence-electron chi connectivity index (χ1n) is 8.42. The van der Waals surface area contributed by atoms with Gasteiger partial charge in [0, 0.05) is 23.7 Å². The van der Waals surface area contributed by atoms with Gasteiger partial charge in [-0.1, -0.05) is 43.7 Å². The molecule has 26 heavy (non-hydrogen) atoms. The summed E-state index contributed by atoms with van der Waals surface area (Å²) in [5.74, 6) is 1.02. The Hall–Kier alpha value is -1.41. The van der Waals surface area contributed by atoms with Gasteiger partial charge in [-0.2, -0.15) is 0 Å². The second kappa shape index (κ2) is 9.50. The van der Waals surface area contributed by atoms with Crippen molar-refractivity contribution in [3.8, 4) is 11.4 Å². The van der Waals surface area contributed by atoms with E-state index in [-0.39, 0.29) is 0 Å². The van der Waals surface area contributed by atoms with Crippen molar-refractivity contribution >= 4 is 40.8 Å². The molecule has 2 aromatic carbocycles. The van der Waals surface area contributed by atoms with Gasteiger partial charge in [-0.25, -0.2) is 4.98 Å². The number of fused-ring (bicyclic) bond motifs is 2. The molecule has 2 aromatic heterocycles. The number of rotatable bonds is 4. The van der Waals surface area contributed by atoms with Gasteiger partial charge in [0.2, 0.25) is 0 Å². The van der Waals surface area contributed by atoms with E-state index in [9.17, 15) is 0 Å². The Labute approximate surface area is 169 Å². The summed E-state index contributed by atoms with van der Waals surface area (Å²) < 4.78 is 2.34. The Morgan fingerprint density at radius 2 is 1.77 bits per heavy atom. The van der Waals surface area contributed by atoms with Crippen LogP contribution in [0.4, 0.5) is 0 Å². The summed E-state index contributed by atoms with van der Waals surface area (Å²) in [6.07, 6.45) is 4.16. The zero-order valence-electron chi connectivity index (χ0n) is 14.3. The fourth-order valence-corrected chi connectivity index (χ4v) is 3.11. The van der Waals surface area contributed by atoms with Gasteiger partial charge >= 0.3 is 35.3 Å². The maximum absolute atomic E-state index is 4.91. The molecular formula is C20H19Cl2N3Pt. The van der Waals surface area contributed by atoms with Crippen LogP contribution in [-0.2, 0) is 23.0 Å². The van der Waals surface area contributed by atoms with Crippen LogP contribution in [0.1, 0.15) is 19.8 Å². The molecule has 0 bridgehead atoms. The zero-order chi connectivity index (χ0) is 18.4. The summed E-state index contributed by atoms with van der Waals surface area (Å²) in [6.45, 7) is 3.20. The van der Waals surface area contributed by atoms with Crippen LogP contribution < -0.4 is 0 Å². The predicted molar refractivity (Wildman–Crippen MR) is 107 cm³/mol. The van der Waals surface area contributed by atoms with Gasteiger partial charge in [0.25, 0.3) is 0 Å². The quantitative estimate of drug-likeness (QED) is 0.285. The van der Waals surface area contributed by atoms with Crippen LogP contribution in [0.3, 0.4) is 0 Å². The van der Waals surface area contributed by atoms with E-state index < -0.39 is 16.5 Å². The van der Waals surface area contributed by atoms with Crippen LogP contribution >= 0.6 is 18.8 Å². The summed E-state index contributed by atoms with van der Waals surface area (Å²) in [6, 6.07) is 18.8. The van der Waals surface area contributed by atoms with Crippen LogP contribution in [-0.4, -0.2) is 14.5 Å². The summed E-state index contributed by atoms with van der Waals surface area (Å²) in [5.41, 5.74) is 4.37. The van der Waals surface area contributed by atoms with Crippen LogP contribution in [0.15, 0.2) is 60.8 Å². The Bertz CT molecular complexity index is 995. The van der Waals surface area contributed by atoms with Crippen molar-refractivity contribution in [3.05, 3.63) is 60.8 Å². The van der Waals surface area contributed by atoms with E-state index in [1.54, 1.807) is 0 Å². The minimum absolute atomic E-state index is 0.472. The molecular weight excluding hydrogens is 548 g/mol. The number of pyridine rings is 1. The molecule has 0 atom stereocenters. The fourth-order valence-electron chi connectivity index (χ4n) is 3.11. The van der Waals surface area contributed by atoms with Crippen molar-refractivity contribution in [1.82, 2.24) is 14.5 Å². The monoisotopic (exact) mass is 566 g/mol. The van der Waals surface area contributed by atoms with Gasteiger partial charge in [0.05, 0.1) is 16.6 Å². The van der Waals surface area contributed by atoms with E-state index in [0.717, 1.165) is 40.8 Å². The molecule has 138 valence electrons. The second-order valence-electron chi connectivity index (χ2n) is 5.86. The molecule has 4 rings (SSSR count). The third-order valence-electron chi connectivity index (χ3n) is 4.26. The molecule has 0 radical (unpaired) electrons. The summed E-state index contributed by atoms with van der Waals surface area (Å²) in [4.78, 5) is 9.50. The normalized spacial score (nSPS) is 10.9. The molecule has 0 fully saturated rings. The molecule has 0 spiro atoms. The van der Waals surface area contributed by atoms with E-state index in [1.807, 2.05) is 18.3 Å². The Morgan fingerprint density at radius 1 is 1.00 bits per heavy atom. The third-order valence-corrected chi connectivity index (χ3v) is 4.26. The van der Waals surface area contributed by atoms with Crippen molar-refractivity contribution in [3.63, 3.8) is 0 Å². The maximum atomic E-state index is 4.91. The van der Waals surface area contributed by atoms with Gasteiger partial charge in [-0.05, 0) is 30.7 Å². The van der Waals surface area contributed by atoms with E-state index in [2.05, 4.69) is 58.9 Å². The first-order chi connectivity index (χ1) is 12.8. The van der Waals surface area contributed by atoms with Gasteiger partial charge in [0.15, 0.2) is 0 Å². The molecule has 2 heterocycles. The number of hydrogen-bond donors (Lipinski definition) is 0. The minimum atomic E-state index is -0.472. The number of aromatic nitrogens is 3. The molecule has 0 aliphatic rings. The van der Waals surface area contributed by atoms with Gasteiger partial charge in [-0.15, -0.1) is 0 Å². The van der Waals surface area contributed by atoms with Crippen LogP contribution in [0.5, 0.6) is 0 Å². The zero-order valence-corrected chi connectivity index (χ0v) is 18.1. The topological polar surface area (TPSA) is 30.7 Å². The number of aryl methyl sites for hydroxylation is 1. The van der Waals surface area contributed by atoms with Crippen LogP contribution in [0.25, 0.3) is 33.3 Å². The van der Waals surface area contributed by atoms with E-state index in [0.29, 0.717) is 0 Å². The number of hydrogen-bond acceptors (Lipinski definition) is 2. The second-order valence-corrected chi connectivity index (χ2v) is 9.14. The van der Waals surface area contributed by atoms with E-state index >= 15 is 0 Å². The summed E-state index contributed by atoms with van der Waals surface area (Å²) >= 11 is -0.472. The number of imidazole rings is 1.